The van der Waals surface area contributed by atoms with Gasteiger partial charge in [0.25, 0.3) is 0 Å². The number of anilines is 2. The summed E-state index contributed by atoms with van der Waals surface area (Å²) in [5.41, 5.74) is 2.11. The Balaban J connectivity index is 1.65. The maximum atomic E-state index is 12.7. The summed E-state index contributed by atoms with van der Waals surface area (Å²) in [5.74, 6) is 0.292. The number of rotatable bonds is 3. The molecule has 0 bridgehead atoms. The molecule has 4 aromatic rings. The molecule has 0 fully saturated rings. The van der Waals surface area contributed by atoms with Crippen molar-refractivity contribution in [2.24, 2.45) is 0 Å². The number of benzene rings is 2. The number of nitrogens with one attached hydrogen (secondary N) is 1. The molecule has 0 aliphatic heterocycles. The molecule has 7 heteroatoms. The van der Waals surface area contributed by atoms with Gasteiger partial charge < -0.3 is 5.32 Å². The number of hydrogen-bond acceptors (Lipinski definition) is 4. The fourth-order valence-electron chi connectivity index (χ4n) is 2.75. The third-order valence-electron chi connectivity index (χ3n) is 4.03. The van der Waals surface area contributed by atoms with Crippen LogP contribution in [-0.2, 0) is 6.18 Å². The van der Waals surface area contributed by atoms with Gasteiger partial charge in [-0.15, -0.1) is 0 Å². The third kappa shape index (κ3) is 3.57. The Labute approximate surface area is 152 Å². The third-order valence-corrected chi connectivity index (χ3v) is 4.03. The van der Waals surface area contributed by atoms with Gasteiger partial charge in [-0.2, -0.15) is 13.2 Å². The zero-order valence-electron chi connectivity index (χ0n) is 13.9. The quantitative estimate of drug-likeness (QED) is 0.523. The van der Waals surface area contributed by atoms with Crippen LogP contribution in [0.2, 0.25) is 0 Å². The highest BCUT2D eigenvalue weighted by atomic mass is 19.4. The van der Waals surface area contributed by atoms with Gasteiger partial charge in [0, 0.05) is 29.0 Å². The van der Waals surface area contributed by atoms with Crippen LogP contribution in [-0.4, -0.2) is 15.0 Å². The van der Waals surface area contributed by atoms with Gasteiger partial charge in [0.1, 0.15) is 0 Å². The topological polar surface area (TPSA) is 50.7 Å². The van der Waals surface area contributed by atoms with Crippen LogP contribution in [0.3, 0.4) is 0 Å². The summed E-state index contributed by atoms with van der Waals surface area (Å²) < 4.78 is 38.0. The normalized spacial score (nSPS) is 11.5. The van der Waals surface area contributed by atoms with E-state index >= 15 is 0 Å². The second kappa shape index (κ2) is 6.68. The van der Waals surface area contributed by atoms with E-state index in [4.69, 9.17) is 0 Å². The Hall–Kier alpha value is -3.48. The van der Waals surface area contributed by atoms with Gasteiger partial charge in [-0.3, -0.25) is 4.98 Å². The molecule has 1 N–H and O–H groups in total. The highest BCUT2D eigenvalue weighted by molar-refractivity contribution is 5.92. The van der Waals surface area contributed by atoms with Crippen molar-refractivity contribution in [2.75, 3.05) is 5.32 Å². The molecule has 0 aliphatic carbocycles. The van der Waals surface area contributed by atoms with Crippen molar-refractivity contribution in [3.05, 3.63) is 78.6 Å². The average molecular weight is 366 g/mol. The molecule has 0 radical (unpaired) electrons. The summed E-state index contributed by atoms with van der Waals surface area (Å²) in [4.78, 5) is 13.0. The molecule has 2 aromatic heterocycles. The second-order valence-electron chi connectivity index (χ2n) is 5.85. The molecule has 27 heavy (non-hydrogen) atoms. The first-order chi connectivity index (χ1) is 13.0. The van der Waals surface area contributed by atoms with Crippen LogP contribution in [0.25, 0.3) is 22.2 Å². The van der Waals surface area contributed by atoms with E-state index in [2.05, 4.69) is 20.3 Å². The number of para-hydroxylation sites is 1. The van der Waals surface area contributed by atoms with Crippen LogP contribution in [0.15, 0.2) is 73.1 Å². The molecule has 4 nitrogen and oxygen atoms in total. The van der Waals surface area contributed by atoms with E-state index in [9.17, 15) is 13.2 Å². The Morgan fingerprint density at radius 1 is 0.778 bits per heavy atom. The second-order valence-corrected chi connectivity index (χ2v) is 5.85. The summed E-state index contributed by atoms with van der Waals surface area (Å²) in [6, 6.07) is 16.1. The van der Waals surface area contributed by atoms with Crippen LogP contribution in [0, 0.1) is 0 Å². The molecule has 0 aliphatic rings. The summed E-state index contributed by atoms with van der Waals surface area (Å²) >= 11 is 0. The van der Waals surface area contributed by atoms with Crippen LogP contribution >= 0.6 is 0 Å². The number of nitrogens with zero attached hydrogens (tertiary/aromatic N) is 3. The maximum Gasteiger partial charge on any atom is 0.416 e. The van der Waals surface area contributed by atoms with Gasteiger partial charge in [0.2, 0.25) is 5.95 Å². The van der Waals surface area contributed by atoms with Crippen LogP contribution in [0.1, 0.15) is 5.56 Å². The van der Waals surface area contributed by atoms with Crippen LogP contribution < -0.4 is 5.32 Å². The first-order valence-electron chi connectivity index (χ1n) is 8.12. The maximum absolute atomic E-state index is 12.7. The Morgan fingerprint density at radius 3 is 2.33 bits per heavy atom. The molecule has 2 heterocycles. The zero-order chi connectivity index (χ0) is 18.9. The lowest BCUT2D eigenvalue weighted by Gasteiger charge is -2.10. The summed E-state index contributed by atoms with van der Waals surface area (Å²) in [7, 11) is 0. The number of hydrogen-bond donors (Lipinski definition) is 1. The van der Waals surface area contributed by atoms with Gasteiger partial charge in [-0.1, -0.05) is 24.3 Å². The molecule has 2 aromatic carbocycles. The summed E-state index contributed by atoms with van der Waals surface area (Å²) in [6.45, 7) is 0. The molecule has 0 saturated carbocycles. The number of halogens is 3. The standard InChI is InChI=1S/C20H13F3N4/c21-20(22,23)14-6-8-15(9-7-14)26-19-25-12-10-17(27-19)16-5-1-3-13-4-2-11-24-18(13)16/h1-12H,(H,25,26,27). The fourth-order valence-corrected chi connectivity index (χ4v) is 2.75. The predicted molar refractivity (Wildman–Crippen MR) is 97.5 cm³/mol. The number of aromatic nitrogens is 3. The van der Waals surface area contributed by atoms with Gasteiger partial charge in [0.05, 0.1) is 16.8 Å². The van der Waals surface area contributed by atoms with Gasteiger partial charge in [0.15, 0.2) is 0 Å². The highest BCUT2D eigenvalue weighted by Gasteiger charge is 2.29. The summed E-state index contributed by atoms with van der Waals surface area (Å²) in [6.07, 6.45) is -1.05. The molecule has 0 amide bonds. The van der Waals surface area contributed by atoms with Crippen molar-refractivity contribution in [2.45, 2.75) is 6.18 Å². The molecule has 4 rings (SSSR count). The van der Waals surface area contributed by atoms with E-state index in [1.807, 2.05) is 30.3 Å². The van der Waals surface area contributed by atoms with E-state index in [1.54, 1.807) is 18.5 Å². The molecule has 0 saturated heterocycles. The van der Waals surface area contributed by atoms with Crippen LogP contribution in [0.5, 0.6) is 0 Å². The molecule has 134 valence electrons. The van der Waals surface area contributed by atoms with E-state index < -0.39 is 11.7 Å². The minimum absolute atomic E-state index is 0.292. The first kappa shape index (κ1) is 17.0. The lowest BCUT2D eigenvalue weighted by atomic mass is 10.1. The van der Waals surface area contributed by atoms with Crippen molar-refractivity contribution < 1.29 is 13.2 Å². The fraction of sp³-hybridized carbons (Fsp3) is 0.0500. The Morgan fingerprint density at radius 2 is 1.56 bits per heavy atom. The van der Waals surface area contributed by atoms with Crippen LogP contribution in [0.4, 0.5) is 24.8 Å². The monoisotopic (exact) mass is 366 g/mol. The highest BCUT2D eigenvalue weighted by Crippen LogP contribution is 2.30. The van der Waals surface area contributed by atoms with Crippen molar-refractivity contribution >= 4 is 22.5 Å². The first-order valence-corrected chi connectivity index (χ1v) is 8.12. The van der Waals surface area contributed by atoms with Gasteiger partial charge >= 0.3 is 6.18 Å². The minimum Gasteiger partial charge on any atom is -0.324 e. The van der Waals surface area contributed by atoms with Gasteiger partial charge in [-0.05, 0) is 36.4 Å². The van der Waals surface area contributed by atoms with E-state index in [0.717, 1.165) is 28.6 Å². The Kier molecular flexibility index (Phi) is 4.19. The van der Waals surface area contributed by atoms with Crippen molar-refractivity contribution in [1.82, 2.24) is 15.0 Å². The van der Waals surface area contributed by atoms with E-state index in [-0.39, 0.29) is 0 Å². The van der Waals surface area contributed by atoms with Gasteiger partial charge in [-0.25, -0.2) is 9.97 Å². The predicted octanol–water partition coefficient (Wildman–Crippen LogP) is 5.45. The molecule has 0 spiro atoms. The minimum atomic E-state index is -4.36. The number of alkyl halides is 3. The lowest BCUT2D eigenvalue weighted by molar-refractivity contribution is -0.137. The van der Waals surface area contributed by atoms with Crippen molar-refractivity contribution in [3.63, 3.8) is 0 Å². The van der Waals surface area contributed by atoms with Crippen molar-refractivity contribution in [1.29, 1.82) is 0 Å². The smallest absolute Gasteiger partial charge is 0.324 e. The Bertz CT molecular complexity index is 1090. The lowest BCUT2D eigenvalue weighted by Crippen LogP contribution is -2.04. The molecular weight excluding hydrogens is 353 g/mol. The summed E-state index contributed by atoms with van der Waals surface area (Å²) in [5, 5.41) is 3.92. The average Bonchev–Trinajstić information content (AvgIpc) is 2.67. The van der Waals surface area contributed by atoms with E-state index in [1.165, 1.54) is 12.1 Å². The largest absolute Gasteiger partial charge is 0.416 e. The van der Waals surface area contributed by atoms with E-state index in [0.29, 0.717) is 17.3 Å². The zero-order valence-corrected chi connectivity index (χ0v) is 13.9. The number of pyridine rings is 1. The number of fused-ring (bicyclic) bond motifs is 1. The SMILES string of the molecule is FC(F)(F)c1ccc(Nc2nccc(-c3cccc4cccnc34)n2)cc1. The molecular formula is C20H13F3N4. The van der Waals surface area contributed by atoms with Crippen molar-refractivity contribution in [3.8, 4) is 11.3 Å². The molecule has 0 unspecified atom stereocenters. The molecule has 0 atom stereocenters.